The summed E-state index contributed by atoms with van der Waals surface area (Å²) in [7, 11) is 0. The minimum Gasteiger partial charge on any atom is -0.396 e. The van der Waals surface area contributed by atoms with E-state index in [1.54, 1.807) is 6.08 Å². The Morgan fingerprint density at radius 2 is 2.00 bits per heavy atom. The number of hydrogen-bond donors (Lipinski definition) is 2. The van der Waals surface area contributed by atoms with Crippen LogP contribution in [0, 0.1) is 5.92 Å². The third kappa shape index (κ3) is 4.71. The summed E-state index contributed by atoms with van der Waals surface area (Å²) >= 11 is 0. The van der Waals surface area contributed by atoms with Crippen LogP contribution in [-0.2, 0) is 11.2 Å². The Balaban J connectivity index is 1.89. The fourth-order valence-electron chi connectivity index (χ4n) is 2.88. The van der Waals surface area contributed by atoms with Gasteiger partial charge in [-0.3, -0.25) is 4.79 Å². The van der Waals surface area contributed by atoms with E-state index in [-0.39, 0.29) is 24.5 Å². The van der Waals surface area contributed by atoms with Crippen molar-refractivity contribution in [1.29, 1.82) is 0 Å². The van der Waals surface area contributed by atoms with Gasteiger partial charge in [0.15, 0.2) is 0 Å². The predicted octanol–water partition coefficient (Wildman–Crippen LogP) is 2.93. The number of nitrogens with one attached hydrogen (secondary N) is 1. The quantitative estimate of drug-likeness (QED) is 0.818. The van der Waals surface area contributed by atoms with Crippen LogP contribution in [0.5, 0.6) is 0 Å². The topological polar surface area (TPSA) is 49.3 Å². The molecule has 2 atom stereocenters. The number of benzene rings is 1. The molecule has 1 aliphatic rings. The van der Waals surface area contributed by atoms with Crippen LogP contribution in [0.15, 0.2) is 30.3 Å². The smallest absolute Gasteiger partial charge is 0.244 e. The van der Waals surface area contributed by atoms with Crippen LogP contribution < -0.4 is 5.32 Å². The molecule has 0 aromatic heterocycles. The first-order valence-electron chi connectivity index (χ1n) is 7.91. The molecule has 3 nitrogen and oxygen atoms in total. The van der Waals surface area contributed by atoms with Crippen LogP contribution in [0.4, 0.5) is 0 Å². The standard InChI is InChI=1S/C18H25NO2/c1-2-14-7-9-15(10-8-14)11-12-18(21)19-17-6-4-3-5-16(17)13-20/h7-12,16-17,20H,2-6,13H2,1H3,(H,19,21)/b12-11+. The van der Waals surface area contributed by atoms with Crippen molar-refractivity contribution in [1.82, 2.24) is 5.32 Å². The average Bonchev–Trinajstić information content (AvgIpc) is 2.54. The molecule has 1 aliphatic carbocycles. The lowest BCUT2D eigenvalue weighted by atomic mass is 9.85. The van der Waals surface area contributed by atoms with Crippen molar-refractivity contribution in [3.63, 3.8) is 0 Å². The Morgan fingerprint density at radius 1 is 1.29 bits per heavy atom. The van der Waals surface area contributed by atoms with Crippen LogP contribution in [-0.4, -0.2) is 23.7 Å². The summed E-state index contributed by atoms with van der Waals surface area (Å²) in [5.74, 6) is 0.139. The Kier molecular flexibility index (Phi) is 6.00. The molecule has 0 bridgehead atoms. The highest BCUT2D eigenvalue weighted by atomic mass is 16.3. The van der Waals surface area contributed by atoms with Crippen molar-refractivity contribution < 1.29 is 9.90 Å². The number of amides is 1. The molecule has 1 saturated carbocycles. The first-order chi connectivity index (χ1) is 10.2. The second-order valence-electron chi connectivity index (χ2n) is 5.77. The Bertz CT molecular complexity index is 478. The van der Waals surface area contributed by atoms with Crippen LogP contribution >= 0.6 is 0 Å². The summed E-state index contributed by atoms with van der Waals surface area (Å²) in [6.07, 6.45) is 8.70. The van der Waals surface area contributed by atoms with Gasteiger partial charge in [0.1, 0.15) is 0 Å². The lowest BCUT2D eigenvalue weighted by molar-refractivity contribution is -0.117. The number of hydrogen-bond acceptors (Lipinski definition) is 2. The molecule has 0 aliphatic heterocycles. The predicted molar refractivity (Wildman–Crippen MR) is 85.8 cm³/mol. The van der Waals surface area contributed by atoms with E-state index in [0.717, 1.165) is 37.7 Å². The monoisotopic (exact) mass is 287 g/mol. The second kappa shape index (κ2) is 7.99. The molecule has 2 N–H and O–H groups in total. The van der Waals surface area contributed by atoms with Crippen molar-refractivity contribution in [3.05, 3.63) is 41.5 Å². The molecular formula is C18H25NO2. The molecule has 0 spiro atoms. The molecule has 21 heavy (non-hydrogen) atoms. The Morgan fingerprint density at radius 3 is 2.67 bits per heavy atom. The van der Waals surface area contributed by atoms with Gasteiger partial charge < -0.3 is 10.4 Å². The van der Waals surface area contributed by atoms with Gasteiger partial charge in [-0.15, -0.1) is 0 Å². The molecule has 3 heteroatoms. The fraction of sp³-hybridized carbons (Fsp3) is 0.500. The lowest BCUT2D eigenvalue weighted by Crippen LogP contribution is -2.42. The van der Waals surface area contributed by atoms with E-state index in [0.29, 0.717) is 0 Å². The van der Waals surface area contributed by atoms with Gasteiger partial charge >= 0.3 is 0 Å². The minimum atomic E-state index is -0.0695. The van der Waals surface area contributed by atoms with E-state index in [9.17, 15) is 9.90 Å². The maximum Gasteiger partial charge on any atom is 0.244 e. The zero-order valence-electron chi connectivity index (χ0n) is 12.7. The number of aliphatic hydroxyl groups excluding tert-OH is 1. The number of rotatable bonds is 5. The third-order valence-electron chi connectivity index (χ3n) is 4.29. The summed E-state index contributed by atoms with van der Waals surface area (Å²) in [4.78, 5) is 12.0. The summed E-state index contributed by atoms with van der Waals surface area (Å²) in [6, 6.07) is 8.34. The van der Waals surface area contributed by atoms with Crippen molar-refractivity contribution in [2.75, 3.05) is 6.61 Å². The van der Waals surface area contributed by atoms with E-state index in [4.69, 9.17) is 0 Å². The van der Waals surface area contributed by atoms with Crippen LogP contribution in [0.2, 0.25) is 0 Å². The SMILES string of the molecule is CCc1ccc(/C=C/C(=O)NC2CCCCC2CO)cc1. The van der Waals surface area contributed by atoms with Crippen LogP contribution in [0.1, 0.15) is 43.7 Å². The normalized spacial score (nSPS) is 22.4. The molecule has 114 valence electrons. The Labute approximate surface area is 127 Å². The highest BCUT2D eigenvalue weighted by Crippen LogP contribution is 2.23. The fourth-order valence-corrected chi connectivity index (χ4v) is 2.88. The molecule has 2 unspecified atom stereocenters. The maximum absolute atomic E-state index is 12.0. The van der Waals surface area contributed by atoms with Gasteiger partial charge in [-0.25, -0.2) is 0 Å². The van der Waals surface area contributed by atoms with Crippen molar-refractivity contribution >= 4 is 12.0 Å². The largest absolute Gasteiger partial charge is 0.396 e. The van der Waals surface area contributed by atoms with E-state index >= 15 is 0 Å². The zero-order chi connectivity index (χ0) is 15.1. The maximum atomic E-state index is 12.0. The third-order valence-corrected chi connectivity index (χ3v) is 4.29. The van der Waals surface area contributed by atoms with Gasteiger partial charge in [0.2, 0.25) is 5.91 Å². The average molecular weight is 287 g/mol. The zero-order valence-corrected chi connectivity index (χ0v) is 12.7. The number of aliphatic hydroxyl groups is 1. The number of carbonyl (C=O) groups excluding carboxylic acids is 1. The van der Waals surface area contributed by atoms with Gasteiger partial charge in [-0.2, -0.15) is 0 Å². The molecule has 1 fully saturated rings. The first kappa shape index (κ1) is 15.8. The van der Waals surface area contributed by atoms with Crippen molar-refractivity contribution in [2.45, 2.75) is 45.1 Å². The highest BCUT2D eigenvalue weighted by molar-refractivity contribution is 5.91. The van der Waals surface area contributed by atoms with Crippen molar-refractivity contribution in [2.24, 2.45) is 5.92 Å². The van der Waals surface area contributed by atoms with E-state index < -0.39 is 0 Å². The van der Waals surface area contributed by atoms with Gasteiger partial charge in [0.05, 0.1) is 0 Å². The van der Waals surface area contributed by atoms with E-state index in [1.807, 2.05) is 18.2 Å². The second-order valence-corrected chi connectivity index (χ2v) is 5.77. The molecule has 0 radical (unpaired) electrons. The van der Waals surface area contributed by atoms with Crippen molar-refractivity contribution in [3.8, 4) is 0 Å². The summed E-state index contributed by atoms with van der Waals surface area (Å²) in [5, 5.41) is 12.4. The summed E-state index contributed by atoms with van der Waals surface area (Å²) in [5.41, 5.74) is 2.33. The van der Waals surface area contributed by atoms with Gasteiger partial charge in [-0.05, 0) is 36.5 Å². The van der Waals surface area contributed by atoms with Gasteiger partial charge in [-0.1, -0.05) is 44.0 Å². The lowest BCUT2D eigenvalue weighted by Gasteiger charge is -2.30. The molecule has 1 amide bonds. The first-order valence-corrected chi connectivity index (χ1v) is 7.91. The van der Waals surface area contributed by atoms with E-state index in [2.05, 4.69) is 24.4 Å². The van der Waals surface area contributed by atoms with Gasteiger partial charge in [0, 0.05) is 24.6 Å². The molecular weight excluding hydrogens is 262 g/mol. The number of aryl methyl sites for hydroxylation is 1. The molecule has 1 aromatic carbocycles. The number of carbonyl (C=O) groups is 1. The highest BCUT2D eigenvalue weighted by Gasteiger charge is 2.25. The molecule has 1 aromatic rings. The van der Waals surface area contributed by atoms with Crippen LogP contribution in [0.25, 0.3) is 6.08 Å². The summed E-state index contributed by atoms with van der Waals surface area (Å²) < 4.78 is 0. The molecule has 2 rings (SSSR count). The van der Waals surface area contributed by atoms with Crippen LogP contribution in [0.3, 0.4) is 0 Å². The minimum absolute atomic E-state index is 0.0695. The van der Waals surface area contributed by atoms with E-state index in [1.165, 1.54) is 5.56 Å². The molecule has 0 saturated heterocycles. The summed E-state index contributed by atoms with van der Waals surface area (Å²) in [6.45, 7) is 2.28. The Hall–Kier alpha value is -1.61. The molecule has 0 heterocycles. The van der Waals surface area contributed by atoms with Gasteiger partial charge in [0.25, 0.3) is 0 Å².